The van der Waals surface area contributed by atoms with Gasteiger partial charge < -0.3 is 15.8 Å². The Morgan fingerprint density at radius 3 is 2.77 bits per heavy atom. The minimum atomic E-state index is 0.303. The summed E-state index contributed by atoms with van der Waals surface area (Å²) in [5.74, 6) is 1.49. The molecule has 5 heteroatoms. The van der Waals surface area contributed by atoms with Crippen LogP contribution in [0.1, 0.15) is 12.8 Å². The zero-order valence-electron chi connectivity index (χ0n) is 8.36. The molecular weight excluding hydrogens is 186 g/mol. The van der Waals surface area contributed by atoms with Gasteiger partial charge >= 0.3 is 0 Å². The SMILES string of the molecule is CSCCCN(C)CCC(N)=NO. The van der Waals surface area contributed by atoms with Gasteiger partial charge in [-0.05, 0) is 32.0 Å². The third kappa shape index (κ3) is 7.93. The summed E-state index contributed by atoms with van der Waals surface area (Å²) < 4.78 is 0. The van der Waals surface area contributed by atoms with E-state index in [1.165, 1.54) is 12.2 Å². The van der Waals surface area contributed by atoms with Crippen LogP contribution in [0, 0.1) is 0 Å². The summed E-state index contributed by atoms with van der Waals surface area (Å²) in [6.07, 6.45) is 3.93. The van der Waals surface area contributed by atoms with Crippen LogP contribution in [0.2, 0.25) is 0 Å². The van der Waals surface area contributed by atoms with Gasteiger partial charge in [-0.1, -0.05) is 5.16 Å². The van der Waals surface area contributed by atoms with Crippen molar-refractivity contribution in [1.82, 2.24) is 4.90 Å². The topological polar surface area (TPSA) is 61.8 Å². The summed E-state index contributed by atoms with van der Waals surface area (Å²) in [5.41, 5.74) is 5.35. The van der Waals surface area contributed by atoms with Crippen LogP contribution in [0.15, 0.2) is 5.16 Å². The second-order valence-corrected chi connectivity index (χ2v) is 3.98. The Balaban J connectivity index is 3.34. The van der Waals surface area contributed by atoms with Crippen molar-refractivity contribution >= 4 is 17.6 Å². The van der Waals surface area contributed by atoms with Crippen LogP contribution in [0.4, 0.5) is 0 Å². The first-order valence-corrected chi connectivity index (χ1v) is 5.74. The smallest absolute Gasteiger partial charge is 0.140 e. The molecule has 0 bridgehead atoms. The van der Waals surface area contributed by atoms with Crippen LogP contribution in [0.5, 0.6) is 0 Å². The molecule has 0 aliphatic carbocycles. The molecule has 4 nitrogen and oxygen atoms in total. The quantitative estimate of drug-likeness (QED) is 0.212. The fourth-order valence-electron chi connectivity index (χ4n) is 0.946. The minimum absolute atomic E-state index is 0.303. The maximum absolute atomic E-state index is 8.30. The lowest BCUT2D eigenvalue weighted by Crippen LogP contribution is -2.25. The van der Waals surface area contributed by atoms with Gasteiger partial charge in [0.2, 0.25) is 0 Å². The Labute approximate surface area is 84.2 Å². The van der Waals surface area contributed by atoms with E-state index in [4.69, 9.17) is 10.9 Å². The molecule has 0 saturated carbocycles. The zero-order valence-corrected chi connectivity index (χ0v) is 9.18. The number of rotatable bonds is 7. The van der Waals surface area contributed by atoms with Crippen molar-refractivity contribution in [3.8, 4) is 0 Å². The molecule has 0 aromatic rings. The van der Waals surface area contributed by atoms with Gasteiger partial charge in [0.1, 0.15) is 5.84 Å². The molecule has 0 aromatic heterocycles. The van der Waals surface area contributed by atoms with E-state index in [1.807, 2.05) is 18.8 Å². The summed E-state index contributed by atoms with van der Waals surface area (Å²) in [6, 6.07) is 0. The first-order chi connectivity index (χ1) is 6.20. The lowest BCUT2D eigenvalue weighted by atomic mass is 10.3. The van der Waals surface area contributed by atoms with E-state index >= 15 is 0 Å². The van der Waals surface area contributed by atoms with Crippen LogP contribution >= 0.6 is 11.8 Å². The molecule has 0 unspecified atom stereocenters. The summed E-state index contributed by atoms with van der Waals surface area (Å²) in [5, 5.41) is 11.2. The molecule has 0 aliphatic heterocycles. The maximum Gasteiger partial charge on any atom is 0.140 e. The Morgan fingerprint density at radius 1 is 1.54 bits per heavy atom. The average molecular weight is 205 g/mol. The molecule has 0 rings (SSSR count). The summed E-state index contributed by atoms with van der Waals surface area (Å²) in [4.78, 5) is 2.19. The Hall–Kier alpha value is -0.420. The second-order valence-electron chi connectivity index (χ2n) is 2.99. The lowest BCUT2D eigenvalue weighted by Gasteiger charge is -2.15. The molecule has 0 radical (unpaired) electrons. The summed E-state index contributed by atoms with van der Waals surface area (Å²) in [7, 11) is 2.05. The number of thioether (sulfide) groups is 1. The Bertz CT molecular complexity index is 152. The molecule has 13 heavy (non-hydrogen) atoms. The van der Waals surface area contributed by atoms with Crippen LogP contribution in [0.25, 0.3) is 0 Å². The van der Waals surface area contributed by atoms with Crippen molar-refractivity contribution in [2.45, 2.75) is 12.8 Å². The van der Waals surface area contributed by atoms with Crippen molar-refractivity contribution in [2.75, 3.05) is 32.1 Å². The fourth-order valence-corrected chi connectivity index (χ4v) is 1.36. The number of amidine groups is 1. The summed E-state index contributed by atoms with van der Waals surface area (Å²) in [6.45, 7) is 1.92. The normalized spacial score (nSPS) is 12.4. The maximum atomic E-state index is 8.30. The highest BCUT2D eigenvalue weighted by molar-refractivity contribution is 7.98. The predicted octanol–water partition coefficient (Wildman–Crippen LogP) is 0.808. The van der Waals surface area contributed by atoms with Gasteiger partial charge in [0.15, 0.2) is 0 Å². The van der Waals surface area contributed by atoms with Crippen LogP contribution in [0.3, 0.4) is 0 Å². The van der Waals surface area contributed by atoms with Crippen LogP contribution < -0.4 is 5.73 Å². The number of hydrogen-bond acceptors (Lipinski definition) is 4. The first kappa shape index (κ1) is 12.6. The number of hydrogen-bond donors (Lipinski definition) is 2. The van der Waals surface area contributed by atoms with Gasteiger partial charge in [-0.25, -0.2) is 0 Å². The fraction of sp³-hybridized carbons (Fsp3) is 0.875. The molecule has 0 atom stereocenters. The van der Waals surface area contributed by atoms with E-state index in [2.05, 4.69) is 16.3 Å². The van der Waals surface area contributed by atoms with E-state index < -0.39 is 0 Å². The van der Waals surface area contributed by atoms with Gasteiger partial charge in [0, 0.05) is 13.0 Å². The first-order valence-electron chi connectivity index (χ1n) is 4.34. The number of oxime groups is 1. The van der Waals surface area contributed by atoms with E-state index in [1.54, 1.807) is 0 Å². The van der Waals surface area contributed by atoms with Crippen molar-refractivity contribution in [3.63, 3.8) is 0 Å². The van der Waals surface area contributed by atoms with E-state index in [0.29, 0.717) is 12.3 Å². The van der Waals surface area contributed by atoms with Crippen molar-refractivity contribution < 1.29 is 5.21 Å². The molecular formula is C8H19N3OS. The van der Waals surface area contributed by atoms with E-state index in [-0.39, 0.29) is 0 Å². The van der Waals surface area contributed by atoms with Crippen LogP contribution in [-0.2, 0) is 0 Å². The van der Waals surface area contributed by atoms with Crippen molar-refractivity contribution in [1.29, 1.82) is 0 Å². The molecule has 0 aliphatic rings. The molecule has 78 valence electrons. The van der Waals surface area contributed by atoms with Gasteiger partial charge in [-0.15, -0.1) is 0 Å². The molecule has 0 spiro atoms. The minimum Gasteiger partial charge on any atom is -0.409 e. The lowest BCUT2D eigenvalue weighted by molar-refractivity contribution is 0.311. The molecule has 0 saturated heterocycles. The van der Waals surface area contributed by atoms with Gasteiger partial charge in [-0.2, -0.15) is 11.8 Å². The van der Waals surface area contributed by atoms with E-state index in [9.17, 15) is 0 Å². The van der Waals surface area contributed by atoms with E-state index in [0.717, 1.165) is 13.1 Å². The van der Waals surface area contributed by atoms with Gasteiger partial charge in [-0.3, -0.25) is 0 Å². The second kappa shape index (κ2) is 8.19. The number of nitrogens with two attached hydrogens (primary N) is 1. The Morgan fingerprint density at radius 2 is 2.23 bits per heavy atom. The Kier molecular flexibility index (Phi) is 7.93. The highest BCUT2D eigenvalue weighted by Crippen LogP contribution is 1.97. The highest BCUT2D eigenvalue weighted by atomic mass is 32.2. The molecule has 0 amide bonds. The molecule has 0 aromatic carbocycles. The van der Waals surface area contributed by atoms with Gasteiger partial charge in [0.05, 0.1) is 0 Å². The van der Waals surface area contributed by atoms with Gasteiger partial charge in [0.25, 0.3) is 0 Å². The highest BCUT2D eigenvalue weighted by Gasteiger charge is 1.99. The monoisotopic (exact) mass is 205 g/mol. The standard InChI is InChI=1S/C8H19N3OS/c1-11(5-3-7-13-2)6-4-8(9)10-12/h12H,3-7H2,1-2H3,(H2,9,10). The largest absolute Gasteiger partial charge is 0.409 e. The van der Waals surface area contributed by atoms with Crippen molar-refractivity contribution in [3.05, 3.63) is 0 Å². The predicted molar refractivity (Wildman–Crippen MR) is 58.5 cm³/mol. The third-order valence-corrected chi connectivity index (χ3v) is 2.46. The summed E-state index contributed by atoms with van der Waals surface area (Å²) >= 11 is 1.86. The molecule has 0 heterocycles. The third-order valence-electron chi connectivity index (χ3n) is 1.77. The molecule has 0 fully saturated rings. The molecule has 3 N–H and O–H groups in total. The van der Waals surface area contributed by atoms with Crippen molar-refractivity contribution in [2.24, 2.45) is 10.9 Å². The van der Waals surface area contributed by atoms with Crippen LogP contribution in [-0.4, -0.2) is 48.1 Å². The number of nitrogens with zero attached hydrogens (tertiary/aromatic N) is 2. The average Bonchev–Trinajstić information content (AvgIpc) is 2.14. The zero-order chi connectivity index (χ0) is 10.1.